The largest absolute Gasteiger partial charge is 0.495 e. The molecule has 2 aliphatic heterocycles. The van der Waals surface area contributed by atoms with Crippen LogP contribution in [0.3, 0.4) is 0 Å². The highest BCUT2D eigenvalue weighted by molar-refractivity contribution is 7.89. The van der Waals surface area contributed by atoms with Crippen LogP contribution in [-0.2, 0) is 23.0 Å². The van der Waals surface area contributed by atoms with Gasteiger partial charge in [-0.3, -0.25) is 4.90 Å². The number of thiophene rings is 1. The predicted octanol–water partition coefficient (Wildman–Crippen LogP) is 2.84. The summed E-state index contributed by atoms with van der Waals surface area (Å²) >= 11 is 7.80. The molecule has 0 amide bonds. The van der Waals surface area contributed by atoms with Crippen molar-refractivity contribution in [2.75, 3.05) is 26.7 Å². The molecule has 8 heteroatoms. The molecule has 1 aromatic heterocycles. The Morgan fingerprint density at radius 1 is 1.28 bits per heavy atom. The summed E-state index contributed by atoms with van der Waals surface area (Å²) in [7, 11) is -2.12. The average Bonchev–Trinajstić information content (AvgIpc) is 3.01. The van der Waals surface area contributed by atoms with Crippen molar-refractivity contribution in [3.63, 3.8) is 0 Å². The van der Waals surface area contributed by atoms with E-state index in [0.29, 0.717) is 23.9 Å². The van der Waals surface area contributed by atoms with Gasteiger partial charge in [0.2, 0.25) is 10.0 Å². The fraction of sp³-hybridized carbons (Fsp3) is 0.412. The normalized spacial score (nSPS) is 19.4. The Morgan fingerprint density at radius 2 is 2.08 bits per heavy atom. The van der Waals surface area contributed by atoms with E-state index in [0.717, 1.165) is 19.5 Å². The molecule has 5 nitrogen and oxygen atoms in total. The van der Waals surface area contributed by atoms with Gasteiger partial charge >= 0.3 is 0 Å². The predicted molar refractivity (Wildman–Crippen MR) is 99.0 cm³/mol. The first-order valence-corrected chi connectivity index (χ1v) is 10.8. The van der Waals surface area contributed by atoms with Gasteiger partial charge in [0.05, 0.1) is 7.11 Å². The Morgan fingerprint density at radius 3 is 2.84 bits per heavy atom. The molecule has 0 radical (unpaired) electrons. The van der Waals surface area contributed by atoms with Crippen LogP contribution in [-0.4, -0.2) is 50.4 Å². The van der Waals surface area contributed by atoms with Crippen molar-refractivity contribution in [3.05, 3.63) is 45.1 Å². The van der Waals surface area contributed by atoms with Gasteiger partial charge in [0.15, 0.2) is 0 Å². The quantitative estimate of drug-likeness (QED) is 0.794. The Kier molecular flexibility index (Phi) is 4.54. The van der Waals surface area contributed by atoms with Crippen molar-refractivity contribution in [2.45, 2.75) is 23.9 Å². The minimum Gasteiger partial charge on any atom is -0.495 e. The fourth-order valence-corrected chi connectivity index (χ4v) is 6.24. The van der Waals surface area contributed by atoms with Crippen molar-refractivity contribution >= 4 is 33.0 Å². The molecular weight excluding hydrogens is 380 g/mol. The molecule has 0 N–H and O–H groups in total. The van der Waals surface area contributed by atoms with E-state index in [-0.39, 0.29) is 10.9 Å². The number of ether oxygens (including phenoxy) is 1. The monoisotopic (exact) mass is 398 g/mol. The molecular formula is C17H19ClN2O3S2. The molecule has 1 saturated heterocycles. The zero-order chi connectivity index (χ0) is 17.6. The number of hydrogen-bond acceptors (Lipinski definition) is 5. The van der Waals surface area contributed by atoms with E-state index >= 15 is 0 Å². The molecule has 2 aromatic rings. The first kappa shape index (κ1) is 17.3. The minimum atomic E-state index is -3.59. The second-order valence-electron chi connectivity index (χ2n) is 6.36. The van der Waals surface area contributed by atoms with Crippen LogP contribution in [0.4, 0.5) is 0 Å². The summed E-state index contributed by atoms with van der Waals surface area (Å²) in [6.07, 6.45) is 1.05. The van der Waals surface area contributed by atoms with E-state index in [1.807, 2.05) is 11.3 Å². The Hall–Kier alpha value is -1.12. The molecule has 134 valence electrons. The first-order valence-electron chi connectivity index (χ1n) is 8.12. The Balaban J connectivity index is 1.48. The highest BCUT2D eigenvalue weighted by Gasteiger charge is 2.41. The highest BCUT2D eigenvalue weighted by Crippen LogP contribution is 2.34. The van der Waals surface area contributed by atoms with E-state index < -0.39 is 10.0 Å². The van der Waals surface area contributed by atoms with E-state index in [4.69, 9.17) is 16.3 Å². The molecule has 0 spiro atoms. The maximum atomic E-state index is 12.9. The van der Waals surface area contributed by atoms with Crippen molar-refractivity contribution in [3.8, 4) is 5.75 Å². The zero-order valence-corrected chi connectivity index (χ0v) is 16.2. The van der Waals surface area contributed by atoms with Gasteiger partial charge in [-0.1, -0.05) is 11.6 Å². The summed E-state index contributed by atoms with van der Waals surface area (Å²) in [4.78, 5) is 3.99. The lowest BCUT2D eigenvalue weighted by Gasteiger charge is -2.45. The lowest BCUT2D eigenvalue weighted by molar-refractivity contribution is 0.0774. The number of halogens is 1. The summed E-state index contributed by atoms with van der Waals surface area (Å²) in [5.41, 5.74) is 1.38. The van der Waals surface area contributed by atoms with Crippen LogP contribution in [0.15, 0.2) is 34.5 Å². The van der Waals surface area contributed by atoms with Gasteiger partial charge in [-0.05, 0) is 41.6 Å². The van der Waals surface area contributed by atoms with Crippen LogP contribution >= 0.6 is 22.9 Å². The van der Waals surface area contributed by atoms with Crippen molar-refractivity contribution < 1.29 is 13.2 Å². The molecule has 2 aliphatic rings. The molecule has 1 fully saturated rings. The summed E-state index contributed by atoms with van der Waals surface area (Å²) in [6, 6.07) is 7.13. The molecule has 0 unspecified atom stereocenters. The van der Waals surface area contributed by atoms with Gasteiger partial charge in [0.1, 0.15) is 10.6 Å². The molecule has 25 heavy (non-hydrogen) atoms. The summed E-state index contributed by atoms with van der Waals surface area (Å²) in [6.45, 7) is 2.93. The first-order chi connectivity index (χ1) is 12.0. The number of hydrogen-bond donors (Lipinski definition) is 0. The molecule has 0 saturated carbocycles. The third-order valence-corrected chi connectivity index (χ3v) is 8.04. The van der Waals surface area contributed by atoms with Crippen molar-refractivity contribution in [2.24, 2.45) is 0 Å². The number of fused-ring (bicyclic) bond motifs is 1. The molecule has 0 bridgehead atoms. The third-order valence-electron chi connectivity index (χ3n) is 4.93. The molecule has 4 rings (SSSR count). The van der Waals surface area contributed by atoms with Crippen LogP contribution in [0, 0.1) is 0 Å². The highest BCUT2D eigenvalue weighted by atomic mass is 35.5. The maximum absolute atomic E-state index is 12.9. The van der Waals surface area contributed by atoms with Gasteiger partial charge in [-0.2, -0.15) is 4.31 Å². The number of benzene rings is 1. The number of nitrogens with zero attached hydrogens (tertiary/aromatic N) is 2. The number of methoxy groups -OCH3 is 1. The number of sulfonamides is 1. The van der Waals surface area contributed by atoms with Crippen LogP contribution < -0.4 is 4.74 Å². The summed E-state index contributed by atoms with van der Waals surface area (Å²) in [5, 5.41) is 2.52. The van der Waals surface area contributed by atoms with Gasteiger partial charge in [0.25, 0.3) is 0 Å². The van der Waals surface area contributed by atoms with Gasteiger partial charge < -0.3 is 4.74 Å². The fourth-order valence-electron chi connectivity index (χ4n) is 3.42. The molecule has 1 aromatic carbocycles. The van der Waals surface area contributed by atoms with E-state index in [1.54, 1.807) is 12.1 Å². The van der Waals surface area contributed by atoms with E-state index in [1.165, 1.54) is 27.9 Å². The van der Waals surface area contributed by atoms with Gasteiger partial charge in [-0.15, -0.1) is 11.3 Å². The maximum Gasteiger partial charge on any atom is 0.246 e. The average molecular weight is 399 g/mol. The third kappa shape index (κ3) is 3.08. The van der Waals surface area contributed by atoms with Crippen LogP contribution in [0.5, 0.6) is 5.75 Å². The van der Waals surface area contributed by atoms with Crippen molar-refractivity contribution in [1.82, 2.24) is 9.21 Å². The van der Waals surface area contributed by atoms with Gasteiger partial charge in [-0.25, -0.2) is 8.42 Å². The second kappa shape index (κ2) is 6.55. The number of rotatable bonds is 4. The lowest BCUT2D eigenvalue weighted by Crippen LogP contribution is -2.61. The summed E-state index contributed by atoms with van der Waals surface area (Å²) in [5.74, 6) is 0.328. The second-order valence-corrected chi connectivity index (χ2v) is 9.70. The van der Waals surface area contributed by atoms with Crippen LogP contribution in [0.2, 0.25) is 5.02 Å². The SMILES string of the molecule is COc1ccc(Cl)cc1S(=O)(=O)N1CC(N2CCc3sccc3C2)C1. The smallest absolute Gasteiger partial charge is 0.246 e. The summed E-state index contributed by atoms with van der Waals surface area (Å²) < 4.78 is 32.5. The minimum absolute atomic E-state index is 0.139. The Labute approximate surface area is 156 Å². The molecule has 0 aliphatic carbocycles. The van der Waals surface area contributed by atoms with Crippen LogP contribution in [0.25, 0.3) is 0 Å². The van der Waals surface area contributed by atoms with Crippen LogP contribution in [0.1, 0.15) is 10.4 Å². The Bertz CT molecular complexity index is 891. The van der Waals surface area contributed by atoms with Crippen molar-refractivity contribution in [1.29, 1.82) is 0 Å². The topological polar surface area (TPSA) is 49.9 Å². The van der Waals surface area contributed by atoms with E-state index in [9.17, 15) is 8.42 Å². The van der Waals surface area contributed by atoms with Gasteiger partial charge in [0, 0.05) is 42.1 Å². The lowest BCUT2D eigenvalue weighted by atomic mass is 10.0. The van der Waals surface area contributed by atoms with E-state index in [2.05, 4.69) is 16.3 Å². The standard InChI is InChI=1S/C17H19ClN2O3S2/c1-23-15-3-2-13(18)8-17(15)25(21,22)20-10-14(11-20)19-6-4-16-12(9-19)5-7-24-16/h2-3,5,7-8,14H,4,6,9-11H2,1H3. The zero-order valence-electron chi connectivity index (χ0n) is 13.8. The molecule has 3 heterocycles. The molecule has 0 atom stereocenters.